The molecule has 0 bridgehead atoms. The van der Waals surface area contributed by atoms with E-state index in [1.54, 1.807) is 0 Å². The minimum Gasteiger partial charge on any atom is -0.466 e. The van der Waals surface area contributed by atoms with Gasteiger partial charge in [0.1, 0.15) is 11.5 Å². The second kappa shape index (κ2) is 4.37. The zero-order chi connectivity index (χ0) is 10.8. The molecule has 2 unspecified atom stereocenters. The minimum atomic E-state index is 0.268. The maximum Gasteiger partial charge on any atom is 0.105 e. The van der Waals surface area contributed by atoms with Crippen molar-refractivity contribution in [2.75, 3.05) is 13.7 Å². The Kier molecular flexibility index (Phi) is 3.12. The largest absolute Gasteiger partial charge is 0.466 e. The summed E-state index contributed by atoms with van der Waals surface area (Å²) in [5.74, 6) is 1.98. The van der Waals surface area contributed by atoms with Gasteiger partial charge in [-0.25, -0.2) is 0 Å². The molecule has 1 fully saturated rings. The third-order valence-electron chi connectivity index (χ3n) is 3.06. The summed E-state index contributed by atoms with van der Waals surface area (Å²) in [5, 5.41) is 3.33. The van der Waals surface area contributed by atoms with Crippen molar-refractivity contribution in [3.05, 3.63) is 23.2 Å². The molecule has 0 aliphatic carbocycles. The Bertz CT molecular complexity index is 326. The number of ether oxygens (including phenoxy) is 1. The predicted molar refractivity (Wildman–Crippen MR) is 59.0 cm³/mol. The molecule has 3 heteroatoms. The van der Waals surface area contributed by atoms with Gasteiger partial charge in [-0.2, -0.15) is 0 Å². The maximum atomic E-state index is 5.72. The van der Waals surface area contributed by atoms with Crippen LogP contribution >= 0.6 is 0 Å². The second-order valence-electron chi connectivity index (χ2n) is 4.19. The highest BCUT2D eigenvalue weighted by Crippen LogP contribution is 2.30. The minimum absolute atomic E-state index is 0.268. The second-order valence-corrected chi connectivity index (χ2v) is 4.19. The average Bonchev–Trinajstić information content (AvgIpc) is 2.79. The molecule has 0 aromatic carbocycles. The molecule has 1 aromatic heterocycles. The molecule has 1 saturated heterocycles. The standard InChI is InChI=1S/C12H19NO2/c1-8-7-10(9(2)15-8)12(13-3)11-5-4-6-14-11/h7,11-13H,4-6H2,1-3H3. The molecule has 2 heterocycles. The van der Waals surface area contributed by atoms with Crippen LogP contribution in [0.4, 0.5) is 0 Å². The van der Waals surface area contributed by atoms with E-state index in [-0.39, 0.29) is 6.04 Å². The van der Waals surface area contributed by atoms with Crippen LogP contribution in [0.25, 0.3) is 0 Å². The quantitative estimate of drug-likeness (QED) is 0.829. The van der Waals surface area contributed by atoms with Gasteiger partial charge >= 0.3 is 0 Å². The monoisotopic (exact) mass is 209 g/mol. The molecule has 2 atom stereocenters. The summed E-state index contributed by atoms with van der Waals surface area (Å²) >= 11 is 0. The number of aryl methyl sites for hydroxylation is 2. The van der Waals surface area contributed by atoms with E-state index in [1.165, 1.54) is 12.0 Å². The van der Waals surface area contributed by atoms with Crippen LogP contribution in [-0.4, -0.2) is 19.8 Å². The molecule has 0 radical (unpaired) electrons. The number of rotatable bonds is 3. The van der Waals surface area contributed by atoms with Crippen molar-refractivity contribution in [3.63, 3.8) is 0 Å². The van der Waals surface area contributed by atoms with Crippen molar-refractivity contribution in [2.45, 2.75) is 38.8 Å². The van der Waals surface area contributed by atoms with Gasteiger partial charge in [0.05, 0.1) is 12.1 Å². The van der Waals surface area contributed by atoms with Crippen LogP contribution < -0.4 is 5.32 Å². The number of nitrogens with one attached hydrogen (secondary N) is 1. The summed E-state index contributed by atoms with van der Waals surface area (Å²) in [7, 11) is 1.98. The third-order valence-corrected chi connectivity index (χ3v) is 3.06. The van der Waals surface area contributed by atoms with E-state index in [9.17, 15) is 0 Å². The van der Waals surface area contributed by atoms with Crippen LogP contribution in [0.1, 0.15) is 36.0 Å². The fourth-order valence-corrected chi connectivity index (χ4v) is 2.37. The van der Waals surface area contributed by atoms with E-state index in [4.69, 9.17) is 9.15 Å². The van der Waals surface area contributed by atoms with Crippen molar-refractivity contribution in [3.8, 4) is 0 Å². The fourth-order valence-electron chi connectivity index (χ4n) is 2.37. The predicted octanol–water partition coefficient (Wildman–Crippen LogP) is 2.34. The highest BCUT2D eigenvalue weighted by Gasteiger charge is 2.28. The Morgan fingerprint density at radius 1 is 1.47 bits per heavy atom. The maximum absolute atomic E-state index is 5.72. The molecule has 0 saturated carbocycles. The lowest BCUT2D eigenvalue weighted by atomic mass is 10.00. The molecule has 0 amide bonds. The van der Waals surface area contributed by atoms with Gasteiger partial charge in [0.25, 0.3) is 0 Å². The lowest BCUT2D eigenvalue weighted by Crippen LogP contribution is -2.29. The van der Waals surface area contributed by atoms with Gasteiger partial charge in [-0.15, -0.1) is 0 Å². The molecular formula is C12H19NO2. The average molecular weight is 209 g/mol. The highest BCUT2D eigenvalue weighted by molar-refractivity contribution is 5.25. The zero-order valence-electron chi connectivity index (χ0n) is 9.67. The number of furan rings is 1. The molecule has 1 aliphatic heterocycles. The summed E-state index contributed by atoms with van der Waals surface area (Å²) in [4.78, 5) is 0. The molecular weight excluding hydrogens is 190 g/mol. The Balaban J connectivity index is 2.21. The third kappa shape index (κ3) is 2.08. The van der Waals surface area contributed by atoms with Gasteiger partial charge in [0.15, 0.2) is 0 Å². The lowest BCUT2D eigenvalue weighted by molar-refractivity contribution is 0.0803. The van der Waals surface area contributed by atoms with Gasteiger partial charge in [-0.05, 0) is 39.8 Å². The van der Waals surface area contributed by atoms with Gasteiger partial charge < -0.3 is 14.5 Å². The summed E-state index contributed by atoms with van der Waals surface area (Å²) in [5.41, 5.74) is 1.24. The first-order valence-electron chi connectivity index (χ1n) is 5.58. The number of hydrogen-bond acceptors (Lipinski definition) is 3. The van der Waals surface area contributed by atoms with E-state index < -0.39 is 0 Å². The van der Waals surface area contributed by atoms with Gasteiger partial charge in [0, 0.05) is 12.2 Å². The Morgan fingerprint density at radius 3 is 2.73 bits per heavy atom. The van der Waals surface area contributed by atoms with E-state index in [2.05, 4.69) is 11.4 Å². The first kappa shape index (κ1) is 10.7. The summed E-state index contributed by atoms with van der Waals surface area (Å²) < 4.78 is 11.3. The fraction of sp³-hybridized carbons (Fsp3) is 0.667. The SMILES string of the molecule is CNC(c1cc(C)oc1C)C1CCCO1. The van der Waals surface area contributed by atoms with Gasteiger partial charge in [-0.1, -0.05) is 0 Å². The van der Waals surface area contributed by atoms with Crippen LogP contribution in [-0.2, 0) is 4.74 Å². The highest BCUT2D eigenvalue weighted by atomic mass is 16.5. The van der Waals surface area contributed by atoms with Crippen molar-refractivity contribution in [1.82, 2.24) is 5.32 Å². The van der Waals surface area contributed by atoms with E-state index >= 15 is 0 Å². The summed E-state index contributed by atoms with van der Waals surface area (Å²) in [6.45, 7) is 4.89. The number of likely N-dealkylation sites (N-methyl/N-ethyl adjacent to an activating group) is 1. The summed E-state index contributed by atoms with van der Waals surface area (Å²) in [6.07, 6.45) is 2.60. The van der Waals surface area contributed by atoms with Crippen LogP contribution in [0.5, 0.6) is 0 Å². The van der Waals surface area contributed by atoms with E-state index in [0.29, 0.717) is 6.10 Å². The van der Waals surface area contributed by atoms with E-state index in [0.717, 1.165) is 24.5 Å². The number of hydrogen-bond donors (Lipinski definition) is 1. The molecule has 2 rings (SSSR count). The Morgan fingerprint density at radius 2 is 2.27 bits per heavy atom. The molecule has 1 aliphatic rings. The molecule has 15 heavy (non-hydrogen) atoms. The smallest absolute Gasteiger partial charge is 0.105 e. The molecule has 0 spiro atoms. The zero-order valence-corrected chi connectivity index (χ0v) is 9.67. The normalized spacial score (nSPS) is 23.3. The molecule has 3 nitrogen and oxygen atoms in total. The lowest BCUT2D eigenvalue weighted by Gasteiger charge is -2.21. The molecule has 84 valence electrons. The Labute approximate surface area is 90.8 Å². The first-order chi connectivity index (χ1) is 7.22. The van der Waals surface area contributed by atoms with Crippen molar-refractivity contribution < 1.29 is 9.15 Å². The summed E-state index contributed by atoms with van der Waals surface area (Å²) in [6, 6.07) is 2.38. The van der Waals surface area contributed by atoms with Crippen LogP contribution in [0.2, 0.25) is 0 Å². The topological polar surface area (TPSA) is 34.4 Å². The van der Waals surface area contributed by atoms with Crippen molar-refractivity contribution in [1.29, 1.82) is 0 Å². The molecule has 1 N–H and O–H groups in total. The Hall–Kier alpha value is -0.800. The van der Waals surface area contributed by atoms with Crippen LogP contribution in [0.15, 0.2) is 10.5 Å². The van der Waals surface area contributed by atoms with E-state index in [1.807, 2.05) is 20.9 Å². The van der Waals surface area contributed by atoms with Crippen molar-refractivity contribution in [2.24, 2.45) is 0 Å². The van der Waals surface area contributed by atoms with Gasteiger partial charge in [-0.3, -0.25) is 0 Å². The van der Waals surface area contributed by atoms with Crippen LogP contribution in [0, 0.1) is 13.8 Å². The van der Waals surface area contributed by atoms with Crippen LogP contribution in [0.3, 0.4) is 0 Å². The molecule has 1 aromatic rings. The van der Waals surface area contributed by atoms with Gasteiger partial charge in [0.2, 0.25) is 0 Å². The van der Waals surface area contributed by atoms with Crippen molar-refractivity contribution >= 4 is 0 Å². The first-order valence-corrected chi connectivity index (χ1v) is 5.58.